The van der Waals surface area contributed by atoms with Crippen LogP contribution in [0.4, 0.5) is 0 Å². The lowest BCUT2D eigenvalue weighted by Gasteiger charge is -2.30. The summed E-state index contributed by atoms with van der Waals surface area (Å²) < 4.78 is 33.8. The molecular formula is C19H25N5O5S2. The first-order valence-electron chi connectivity index (χ1n) is 10.3. The summed E-state index contributed by atoms with van der Waals surface area (Å²) in [6.07, 6.45) is 6.95. The fourth-order valence-corrected chi connectivity index (χ4v) is 6.89. The highest BCUT2D eigenvalue weighted by atomic mass is 32.2. The van der Waals surface area contributed by atoms with Gasteiger partial charge in [-0.3, -0.25) is 4.79 Å². The minimum Gasteiger partial charge on any atom is -0.465 e. The third kappa shape index (κ3) is 4.51. The highest BCUT2D eigenvalue weighted by molar-refractivity contribution is 7.89. The van der Waals surface area contributed by atoms with E-state index < -0.39 is 16.0 Å². The normalized spacial score (nSPS) is 18.9. The number of piperidine rings is 1. The summed E-state index contributed by atoms with van der Waals surface area (Å²) in [6, 6.07) is 1.60. The molecule has 1 aliphatic carbocycles. The molecule has 0 atom stereocenters. The van der Waals surface area contributed by atoms with Gasteiger partial charge in [-0.15, -0.1) is 16.4 Å². The van der Waals surface area contributed by atoms with Gasteiger partial charge in [0, 0.05) is 19.1 Å². The van der Waals surface area contributed by atoms with Gasteiger partial charge in [-0.05, 0) is 37.1 Å². The van der Waals surface area contributed by atoms with Crippen molar-refractivity contribution in [1.29, 1.82) is 0 Å². The van der Waals surface area contributed by atoms with Crippen molar-refractivity contribution >= 4 is 33.2 Å². The van der Waals surface area contributed by atoms with Crippen molar-refractivity contribution < 1.29 is 22.7 Å². The summed E-state index contributed by atoms with van der Waals surface area (Å²) in [6.45, 7) is 0.569. The summed E-state index contributed by atoms with van der Waals surface area (Å²) in [5.74, 6) is -0.875. The molecule has 1 saturated heterocycles. The molecule has 2 aromatic rings. The second kappa shape index (κ2) is 9.05. The van der Waals surface area contributed by atoms with Crippen LogP contribution in [0.25, 0.3) is 0 Å². The van der Waals surface area contributed by atoms with Crippen LogP contribution in [-0.4, -0.2) is 65.8 Å². The minimum atomic E-state index is -3.80. The van der Waals surface area contributed by atoms with Crippen molar-refractivity contribution in [2.24, 2.45) is 0 Å². The molecule has 3 heterocycles. The molecule has 0 spiro atoms. The summed E-state index contributed by atoms with van der Waals surface area (Å²) in [5, 5.41) is 12.7. The van der Waals surface area contributed by atoms with E-state index in [0.717, 1.165) is 37.0 Å². The van der Waals surface area contributed by atoms with E-state index in [0.29, 0.717) is 12.8 Å². The molecule has 2 aromatic heterocycles. The van der Waals surface area contributed by atoms with Gasteiger partial charge < -0.3 is 10.1 Å². The van der Waals surface area contributed by atoms with Crippen LogP contribution in [0.2, 0.25) is 0 Å². The molecular weight excluding hydrogens is 442 g/mol. The lowest BCUT2D eigenvalue weighted by Crippen LogP contribution is -2.39. The first-order valence-corrected chi connectivity index (χ1v) is 12.6. The molecule has 1 N–H and O–H groups in total. The van der Waals surface area contributed by atoms with E-state index in [1.54, 1.807) is 16.3 Å². The fourth-order valence-electron chi connectivity index (χ4n) is 4.12. The summed E-state index contributed by atoms with van der Waals surface area (Å²) in [7, 11) is -2.57. The molecule has 31 heavy (non-hydrogen) atoms. The number of rotatable bonds is 6. The van der Waals surface area contributed by atoms with Crippen LogP contribution in [0.1, 0.15) is 64.7 Å². The molecule has 10 nitrogen and oxygen atoms in total. The number of esters is 1. The number of carbonyl (C=O) groups excluding carboxylic acids is 2. The molecule has 0 radical (unpaired) electrons. The van der Waals surface area contributed by atoms with E-state index >= 15 is 0 Å². The number of amides is 1. The fraction of sp³-hybridized carbons (Fsp3) is 0.579. The average Bonchev–Trinajstić information content (AvgIpc) is 3.54. The Bertz CT molecular complexity index is 1050. The van der Waals surface area contributed by atoms with Gasteiger partial charge in [-0.1, -0.05) is 18.1 Å². The lowest BCUT2D eigenvalue weighted by molar-refractivity contribution is 0.0602. The zero-order valence-electron chi connectivity index (χ0n) is 17.2. The van der Waals surface area contributed by atoms with Crippen molar-refractivity contribution in [3.8, 4) is 0 Å². The Morgan fingerprint density at radius 1 is 1.19 bits per heavy atom. The molecule has 1 amide bonds. The molecule has 2 aliphatic rings. The van der Waals surface area contributed by atoms with Crippen molar-refractivity contribution in [3.63, 3.8) is 0 Å². The molecule has 0 unspecified atom stereocenters. The van der Waals surface area contributed by atoms with Crippen molar-refractivity contribution in [2.75, 3.05) is 20.2 Å². The third-order valence-corrected chi connectivity index (χ3v) is 8.81. The Morgan fingerprint density at radius 2 is 1.90 bits per heavy atom. The number of thiophene rings is 1. The summed E-state index contributed by atoms with van der Waals surface area (Å²) in [4.78, 5) is 24.3. The predicted molar refractivity (Wildman–Crippen MR) is 112 cm³/mol. The van der Waals surface area contributed by atoms with Crippen LogP contribution < -0.4 is 5.32 Å². The van der Waals surface area contributed by atoms with Crippen molar-refractivity contribution in [1.82, 2.24) is 24.6 Å². The topological polar surface area (TPSA) is 123 Å². The SMILES string of the molecule is COC(=O)c1sccc1S(=O)(=O)N1CCC(n2cc(C(=O)NC3CCCC3)nn2)CC1. The second-order valence-electron chi connectivity index (χ2n) is 7.78. The minimum absolute atomic E-state index is 0.0191. The zero-order valence-corrected chi connectivity index (χ0v) is 18.8. The monoisotopic (exact) mass is 467 g/mol. The maximum atomic E-state index is 13.0. The van der Waals surface area contributed by atoms with Gasteiger partial charge in [0.05, 0.1) is 19.3 Å². The van der Waals surface area contributed by atoms with Crippen LogP contribution in [0.15, 0.2) is 22.5 Å². The Balaban J connectivity index is 1.39. The maximum absolute atomic E-state index is 13.0. The lowest BCUT2D eigenvalue weighted by atomic mass is 10.1. The van der Waals surface area contributed by atoms with Gasteiger partial charge in [-0.2, -0.15) is 4.31 Å². The van der Waals surface area contributed by atoms with Gasteiger partial charge in [0.2, 0.25) is 10.0 Å². The first-order chi connectivity index (χ1) is 14.9. The highest BCUT2D eigenvalue weighted by Gasteiger charge is 2.34. The molecule has 2 fully saturated rings. The molecule has 4 rings (SSSR count). The molecule has 0 bridgehead atoms. The van der Waals surface area contributed by atoms with E-state index in [-0.39, 0.29) is 46.5 Å². The van der Waals surface area contributed by atoms with E-state index in [1.807, 2.05) is 0 Å². The number of carbonyl (C=O) groups is 2. The Kier molecular flexibility index (Phi) is 6.39. The van der Waals surface area contributed by atoms with Gasteiger partial charge >= 0.3 is 5.97 Å². The van der Waals surface area contributed by atoms with Gasteiger partial charge in [0.25, 0.3) is 5.91 Å². The molecule has 0 aromatic carbocycles. The number of nitrogens with one attached hydrogen (secondary N) is 1. The van der Waals surface area contributed by atoms with E-state index in [9.17, 15) is 18.0 Å². The quantitative estimate of drug-likeness (QED) is 0.643. The van der Waals surface area contributed by atoms with Crippen LogP contribution in [0.3, 0.4) is 0 Å². The molecule has 168 valence electrons. The van der Waals surface area contributed by atoms with E-state index in [1.165, 1.54) is 17.5 Å². The third-order valence-electron chi connectivity index (χ3n) is 5.85. The molecule has 1 saturated carbocycles. The standard InChI is InChI=1S/C19H25N5O5S2/c1-29-19(26)17-16(8-11-30-17)31(27,28)23-9-6-14(7-10-23)24-12-15(21-22-24)18(25)20-13-4-2-3-5-13/h8,11-14H,2-7,9-10H2,1H3,(H,20,25). The Morgan fingerprint density at radius 3 is 2.58 bits per heavy atom. The number of nitrogens with zero attached hydrogens (tertiary/aromatic N) is 4. The second-order valence-corrected chi connectivity index (χ2v) is 10.6. The smallest absolute Gasteiger partial charge is 0.349 e. The van der Waals surface area contributed by atoms with Crippen LogP contribution >= 0.6 is 11.3 Å². The highest BCUT2D eigenvalue weighted by Crippen LogP contribution is 2.30. The summed E-state index contributed by atoms with van der Waals surface area (Å²) >= 11 is 1.05. The Labute approximate surface area is 184 Å². The number of ether oxygens (including phenoxy) is 1. The summed E-state index contributed by atoms with van der Waals surface area (Å²) in [5.41, 5.74) is 0.281. The number of hydrogen-bond donors (Lipinski definition) is 1. The van der Waals surface area contributed by atoms with Gasteiger partial charge in [0.1, 0.15) is 9.77 Å². The maximum Gasteiger partial charge on any atom is 0.349 e. The number of hydrogen-bond acceptors (Lipinski definition) is 8. The van der Waals surface area contributed by atoms with Crippen LogP contribution in [0.5, 0.6) is 0 Å². The largest absolute Gasteiger partial charge is 0.465 e. The number of sulfonamides is 1. The van der Waals surface area contributed by atoms with E-state index in [4.69, 9.17) is 4.74 Å². The number of methoxy groups -OCH3 is 1. The average molecular weight is 468 g/mol. The van der Waals surface area contributed by atoms with Crippen LogP contribution in [0, 0.1) is 0 Å². The van der Waals surface area contributed by atoms with Crippen molar-refractivity contribution in [3.05, 3.63) is 28.2 Å². The zero-order chi connectivity index (χ0) is 22.0. The van der Waals surface area contributed by atoms with Gasteiger partial charge in [-0.25, -0.2) is 17.9 Å². The Hall–Kier alpha value is -2.31. The molecule has 1 aliphatic heterocycles. The van der Waals surface area contributed by atoms with E-state index in [2.05, 4.69) is 15.6 Å². The van der Waals surface area contributed by atoms with Gasteiger partial charge in [0.15, 0.2) is 5.69 Å². The number of aromatic nitrogens is 3. The molecule has 12 heteroatoms. The van der Waals surface area contributed by atoms with Crippen molar-refractivity contribution in [2.45, 2.75) is 55.5 Å². The van der Waals surface area contributed by atoms with Crippen LogP contribution in [-0.2, 0) is 14.8 Å². The first kappa shape index (κ1) is 21.9. The predicted octanol–water partition coefficient (Wildman–Crippen LogP) is 1.82.